The van der Waals surface area contributed by atoms with E-state index in [0.717, 1.165) is 39.9 Å². The monoisotopic (exact) mass is 404 g/mol. The lowest BCUT2D eigenvalue weighted by Gasteiger charge is -2.11. The number of halogens is 2. The fraction of sp³-hybridized carbons (Fsp3) is 0.467. The number of hydrogen-bond acceptors (Lipinski definition) is 3. The van der Waals surface area contributed by atoms with Crippen molar-refractivity contribution in [3.05, 3.63) is 21.1 Å². The fourth-order valence-electron chi connectivity index (χ4n) is 1.35. The van der Waals surface area contributed by atoms with Crippen molar-refractivity contribution in [2.24, 2.45) is 0 Å². The van der Waals surface area contributed by atoms with Crippen LogP contribution in [0.5, 0.6) is 5.75 Å². The number of ether oxygens (including phenoxy) is 1. The summed E-state index contributed by atoms with van der Waals surface area (Å²) in [6, 6.07) is 4.03. The van der Waals surface area contributed by atoms with E-state index in [1.807, 2.05) is 26.1 Å². The molecule has 0 atom stereocenters. The van der Waals surface area contributed by atoms with Gasteiger partial charge in [0.25, 0.3) is 0 Å². The first-order chi connectivity index (χ1) is 9.60. The molecule has 0 aliphatic rings. The van der Waals surface area contributed by atoms with Gasteiger partial charge in [-0.1, -0.05) is 0 Å². The smallest absolute Gasteiger partial charge is 0.147 e. The highest BCUT2D eigenvalue weighted by atomic mass is 79.9. The maximum Gasteiger partial charge on any atom is 0.147 e. The van der Waals surface area contributed by atoms with Crippen LogP contribution in [0.1, 0.15) is 20.3 Å². The summed E-state index contributed by atoms with van der Waals surface area (Å²) in [6.45, 7) is 6.54. The predicted octanol–water partition coefficient (Wildman–Crippen LogP) is 4.27. The normalized spacial score (nSPS) is 9.20. The van der Waals surface area contributed by atoms with Gasteiger partial charge in [0.2, 0.25) is 0 Å². The maximum absolute atomic E-state index is 5.48. The lowest BCUT2D eigenvalue weighted by molar-refractivity contribution is 0.336. The zero-order valence-electron chi connectivity index (χ0n) is 12.2. The summed E-state index contributed by atoms with van der Waals surface area (Å²) in [5, 5.41) is 6.17. The van der Waals surface area contributed by atoms with Gasteiger partial charge in [-0.25, -0.2) is 0 Å². The van der Waals surface area contributed by atoms with E-state index in [9.17, 15) is 0 Å². The SMILES string of the molecule is C#CCCNC.CCNc1cc(Br)c(OCC)c(Br)c1. The van der Waals surface area contributed by atoms with E-state index in [1.54, 1.807) is 0 Å². The highest BCUT2D eigenvalue weighted by Crippen LogP contribution is 2.36. The Balaban J connectivity index is 0.000000511. The van der Waals surface area contributed by atoms with Crippen molar-refractivity contribution in [2.45, 2.75) is 20.3 Å². The Morgan fingerprint density at radius 1 is 1.25 bits per heavy atom. The first-order valence-corrected chi connectivity index (χ1v) is 8.13. The van der Waals surface area contributed by atoms with Crippen LogP contribution >= 0.6 is 31.9 Å². The van der Waals surface area contributed by atoms with Gasteiger partial charge in [0.05, 0.1) is 15.6 Å². The lowest BCUT2D eigenvalue weighted by atomic mass is 10.3. The Labute approximate surface area is 139 Å². The number of nitrogens with one attached hydrogen (secondary N) is 2. The summed E-state index contributed by atoms with van der Waals surface area (Å²) < 4.78 is 7.40. The number of rotatable bonds is 6. The van der Waals surface area contributed by atoms with Gasteiger partial charge in [0.15, 0.2) is 0 Å². The average molecular weight is 406 g/mol. The van der Waals surface area contributed by atoms with Crippen LogP contribution in [0, 0.1) is 12.3 Å². The molecule has 0 saturated heterocycles. The Morgan fingerprint density at radius 3 is 2.20 bits per heavy atom. The molecule has 0 heterocycles. The first-order valence-electron chi connectivity index (χ1n) is 6.54. The molecule has 1 aromatic carbocycles. The van der Waals surface area contributed by atoms with Crippen molar-refractivity contribution in [2.75, 3.05) is 32.1 Å². The van der Waals surface area contributed by atoms with Crippen LogP contribution in [0.15, 0.2) is 21.1 Å². The van der Waals surface area contributed by atoms with Crippen molar-refractivity contribution in [3.8, 4) is 18.1 Å². The minimum Gasteiger partial charge on any atom is -0.492 e. The molecule has 0 spiro atoms. The molecule has 20 heavy (non-hydrogen) atoms. The minimum atomic E-state index is 0.664. The zero-order valence-corrected chi connectivity index (χ0v) is 15.4. The van der Waals surface area contributed by atoms with Gasteiger partial charge in [-0.15, -0.1) is 12.3 Å². The molecule has 0 aliphatic carbocycles. The van der Waals surface area contributed by atoms with Crippen molar-refractivity contribution >= 4 is 37.5 Å². The molecule has 2 N–H and O–H groups in total. The van der Waals surface area contributed by atoms with Gasteiger partial charge in [-0.3, -0.25) is 0 Å². The summed E-state index contributed by atoms with van der Waals surface area (Å²) >= 11 is 6.95. The molecule has 0 bridgehead atoms. The van der Waals surface area contributed by atoms with E-state index in [-0.39, 0.29) is 0 Å². The third kappa shape index (κ3) is 7.78. The Hall–Kier alpha value is -0.700. The zero-order chi connectivity index (χ0) is 15.4. The second-order valence-corrected chi connectivity index (χ2v) is 5.50. The topological polar surface area (TPSA) is 33.3 Å². The van der Waals surface area contributed by atoms with E-state index in [2.05, 4.69) is 55.3 Å². The van der Waals surface area contributed by atoms with Gasteiger partial charge in [0.1, 0.15) is 5.75 Å². The molecular formula is C15H22Br2N2O. The second-order valence-electron chi connectivity index (χ2n) is 3.79. The van der Waals surface area contributed by atoms with E-state index in [1.165, 1.54) is 0 Å². The molecule has 0 radical (unpaired) electrons. The highest BCUT2D eigenvalue weighted by molar-refractivity contribution is 9.11. The van der Waals surface area contributed by atoms with Gasteiger partial charge < -0.3 is 15.4 Å². The average Bonchev–Trinajstić information content (AvgIpc) is 2.42. The molecule has 5 heteroatoms. The van der Waals surface area contributed by atoms with E-state index < -0.39 is 0 Å². The van der Waals surface area contributed by atoms with Crippen LogP contribution in [0.2, 0.25) is 0 Å². The molecule has 1 rings (SSSR count). The summed E-state index contributed by atoms with van der Waals surface area (Å²) in [4.78, 5) is 0. The minimum absolute atomic E-state index is 0.664. The third-order valence-corrected chi connectivity index (χ3v) is 3.37. The number of hydrogen-bond donors (Lipinski definition) is 2. The van der Waals surface area contributed by atoms with Crippen molar-refractivity contribution in [1.82, 2.24) is 5.32 Å². The molecule has 0 unspecified atom stereocenters. The number of benzene rings is 1. The van der Waals surface area contributed by atoms with Gasteiger partial charge in [0, 0.05) is 25.2 Å². The molecule has 0 aliphatic heterocycles. The van der Waals surface area contributed by atoms with E-state index >= 15 is 0 Å². The van der Waals surface area contributed by atoms with Crippen molar-refractivity contribution < 1.29 is 4.74 Å². The molecule has 112 valence electrons. The molecule has 0 saturated carbocycles. The standard InChI is InChI=1S/C10H13Br2NO.C5H9N/c1-3-13-7-5-8(11)10(14-4-2)9(12)6-7;1-3-4-5-6-2/h5-6,13H,3-4H2,1-2H3;1,6H,4-5H2,2H3. The summed E-state index contributed by atoms with van der Waals surface area (Å²) in [6.07, 6.45) is 5.75. The predicted molar refractivity (Wildman–Crippen MR) is 94.6 cm³/mol. The Bertz CT molecular complexity index is 407. The Morgan fingerprint density at radius 2 is 1.85 bits per heavy atom. The molecule has 0 fully saturated rings. The fourth-order valence-corrected chi connectivity index (χ4v) is 2.76. The molecular weight excluding hydrogens is 384 g/mol. The molecule has 0 aromatic heterocycles. The van der Waals surface area contributed by atoms with Crippen LogP contribution in [0.3, 0.4) is 0 Å². The Kier molecular flexibility index (Phi) is 11.6. The van der Waals surface area contributed by atoms with Crippen LogP contribution < -0.4 is 15.4 Å². The number of anilines is 1. The first kappa shape index (κ1) is 19.3. The maximum atomic E-state index is 5.48. The highest BCUT2D eigenvalue weighted by Gasteiger charge is 2.07. The lowest BCUT2D eigenvalue weighted by Crippen LogP contribution is -2.05. The van der Waals surface area contributed by atoms with Crippen LogP contribution in [0.25, 0.3) is 0 Å². The van der Waals surface area contributed by atoms with Gasteiger partial charge >= 0.3 is 0 Å². The van der Waals surface area contributed by atoms with E-state index in [4.69, 9.17) is 11.2 Å². The molecule has 3 nitrogen and oxygen atoms in total. The van der Waals surface area contributed by atoms with Crippen LogP contribution in [-0.4, -0.2) is 26.7 Å². The summed E-state index contributed by atoms with van der Waals surface area (Å²) in [5.74, 6) is 3.36. The van der Waals surface area contributed by atoms with Gasteiger partial charge in [-0.05, 0) is 64.9 Å². The largest absolute Gasteiger partial charge is 0.492 e. The van der Waals surface area contributed by atoms with Crippen molar-refractivity contribution in [1.29, 1.82) is 0 Å². The summed E-state index contributed by atoms with van der Waals surface area (Å²) in [7, 11) is 1.89. The van der Waals surface area contributed by atoms with Gasteiger partial charge in [-0.2, -0.15) is 0 Å². The van der Waals surface area contributed by atoms with E-state index in [0.29, 0.717) is 6.61 Å². The summed E-state index contributed by atoms with van der Waals surface area (Å²) in [5.41, 5.74) is 1.08. The quantitative estimate of drug-likeness (QED) is 0.547. The molecule has 1 aromatic rings. The van der Waals surface area contributed by atoms with Crippen molar-refractivity contribution in [3.63, 3.8) is 0 Å². The van der Waals surface area contributed by atoms with Crippen LogP contribution in [-0.2, 0) is 0 Å². The number of terminal acetylenes is 1. The van der Waals surface area contributed by atoms with Crippen LogP contribution in [0.4, 0.5) is 5.69 Å². The second kappa shape index (κ2) is 12.1. The third-order valence-electron chi connectivity index (χ3n) is 2.19. The molecule has 0 amide bonds.